The van der Waals surface area contributed by atoms with E-state index in [1.165, 1.54) is 5.56 Å². The van der Waals surface area contributed by atoms with Gasteiger partial charge in [-0.05, 0) is 37.0 Å². The molecule has 0 aliphatic carbocycles. The summed E-state index contributed by atoms with van der Waals surface area (Å²) in [6.45, 7) is 7.32. The molecule has 2 nitrogen and oxygen atoms in total. The van der Waals surface area contributed by atoms with E-state index in [0.717, 1.165) is 37.3 Å². The third-order valence-corrected chi connectivity index (χ3v) is 4.21. The molecule has 1 aromatic carbocycles. The first-order valence-electron chi connectivity index (χ1n) is 7.45. The van der Waals surface area contributed by atoms with E-state index in [4.69, 9.17) is 0 Å². The topological polar surface area (TPSA) is 15.3 Å². The van der Waals surface area contributed by atoms with Crippen LogP contribution in [0.15, 0.2) is 18.2 Å². The molecule has 1 aromatic rings. The van der Waals surface area contributed by atoms with Crippen molar-refractivity contribution in [1.82, 2.24) is 10.2 Å². The highest BCUT2D eigenvalue weighted by Crippen LogP contribution is 2.32. The van der Waals surface area contributed by atoms with Crippen LogP contribution in [-0.2, 0) is 0 Å². The summed E-state index contributed by atoms with van der Waals surface area (Å²) in [5.74, 6) is 0. The lowest BCUT2D eigenvalue weighted by Gasteiger charge is -2.35. The highest BCUT2D eigenvalue weighted by Gasteiger charge is 2.31. The molecule has 1 fully saturated rings. The van der Waals surface area contributed by atoms with Gasteiger partial charge in [-0.1, -0.05) is 18.2 Å². The molecular weight excluding hydrogens is 313 g/mol. The van der Waals surface area contributed by atoms with Crippen molar-refractivity contribution < 1.29 is 13.2 Å². The van der Waals surface area contributed by atoms with Crippen molar-refractivity contribution in [2.45, 2.75) is 38.9 Å². The van der Waals surface area contributed by atoms with Crippen molar-refractivity contribution in [3.63, 3.8) is 0 Å². The van der Waals surface area contributed by atoms with Crippen molar-refractivity contribution in [1.29, 1.82) is 0 Å². The number of nitrogens with one attached hydrogen (secondary N) is 1. The van der Waals surface area contributed by atoms with E-state index in [1.54, 1.807) is 0 Å². The first kappa shape index (κ1) is 19.3. The van der Waals surface area contributed by atoms with E-state index in [1.807, 2.05) is 32.0 Å². The minimum absolute atomic E-state index is 0. The maximum absolute atomic E-state index is 12.6. The third kappa shape index (κ3) is 5.45. The molecule has 22 heavy (non-hydrogen) atoms. The zero-order valence-corrected chi connectivity index (χ0v) is 13.9. The lowest BCUT2D eigenvalue weighted by molar-refractivity contribution is -0.138. The van der Waals surface area contributed by atoms with Crippen molar-refractivity contribution in [3.05, 3.63) is 34.9 Å². The quantitative estimate of drug-likeness (QED) is 0.893. The Hall–Kier alpha value is -0.780. The minimum atomic E-state index is -4.09. The van der Waals surface area contributed by atoms with Gasteiger partial charge in [0.05, 0.1) is 0 Å². The predicted octanol–water partition coefficient (Wildman–Crippen LogP) is 4.01. The molecule has 1 N–H and O–H groups in total. The third-order valence-electron chi connectivity index (χ3n) is 4.21. The van der Waals surface area contributed by atoms with Crippen LogP contribution < -0.4 is 5.32 Å². The molecular formula is C16H24ClF3N2. The van der Waals surface area contributed by atoms with E-state index >= 15 is 0 Å². The molecule has 2 rings (SSSR count). The largest absolute Gasteiger partial charge is 0.389 e. The van der Waals surface area contributed by atoms with Gasteiger partial charge in [0.2, 0.25) is 0 Å². The van der Waals surface area contributed by atoms with Gasteiger partial charge in [-0.25, -0.2) is 0 Å². The van der Waals surface area contributed by atoms with Gasteiger partial charge >= 0.3 is 6.18 Å². The van der Waals surface area contributed by atoms with Crippen molar-refractivity contribution in [2.75, 3.05) is 26.2 Å². The summed E-state index contributed by atoms with van der Waals surface area (Å²) in [5, 5.41) is 3.25. The van der Waals surface area contributed by atoms with Crippen LogP contribution >= 0.6 is 12.4 Å². The van der Waals surface area contributed by atoms with Crippen molar-refractivity contribution in [2.24, 2.45) is 0 Å². The van der Waals surface area contributed by atoms with Gasteiger partial charge in [0.15, 0.2) is 0 Å². The molecule has 0 bridgehead atoms. The SMILES string of the molecule is Cc1ccc([C@H](CCC(F)(F)F)N2CCNCC2)cc1C.Cl. The summed E-state index contributed by atoms with van der Waals surface area (Å²) in [5.41, 5.74) is 3.32. The Labute approximate surface area is 136 Å². The number of alkyl halides is 3. The van der Waals surface area contributed by atoms with E-state index in [-0.39, 0.29) is 24.9 Å². The van der Waals surface area contributed by atoms with Crippen LogP contribution in [-0.4, -0.2) is 37.3 Å². The zero-order chi connectivity index (χ0) is 15.5. The Morgan fingerprint density at radius 3 is 2.32 bits per heavy atom. The van der Waals surface area contributed by atoms with Crippen LogP contribution in [0.4, 0.5) is 13.2 Å². The van der Waals surface area contributed by atoms with Crippen LogP contribution in [0.5, 0.6) is 0 Å². The number of halogens is 4. The van der Waals surface area contributed by atoms with Crippen molar-refractivity contribution in [3.8, 4) is 0 Å². The second kappa shape index (κ2) is 8.18. The predicted molar refractivity (Wildman–Crippen MR) is 85.6 cm³/mol. The molecule has 0 unspecified atom stereocenters. The lowest BCUT2D eigenvalue weighted by Crippen LogP contribution is -2.45. The Bertz CT molecular complexity index is 471. The molecule has 0 aromatic heterocycles. The summed E-state index contributed by atoms with van der Waals surface area (Å²) in [7, 11) is 0. The van der Waals surface area contributed by atoms with Crippen molar-refractivity contribution >= 4 is 12.4 Å². The highest BCUT2D eigenvalue weighted by molar-refractivity contribution is 5.85. The number of benzene rings is 1. The van der Waals surface area contributed by atoms with Crippen LogP contribution in [0.3, 0.4) is 0 Å². The average molecular weight is 337 g/mol. The maximum atomic E-state index is 12.6. The van der Waals surface area contributed by atoms with Crippen LogP contribution in [0.25, 0.3) is 0 Å². The monoisotopic (exact) mass is 336 g/mol. The Morgan fingerprint density at radius 2 is 1.77 bits per heavy atom. The van der Waals surface area contributed by atoms with Gasteiger partial charge in [0.1, 0.15) is 0 Å². The van der Waals surface area contributed by atoms with E-state index in [9.17, 15) is 13.2 Å². The molecule has 1 aliphatic heterocycles. The second-order valence-corrected chi connectivity index (χ2v) is 5.80. The minimum Gasteiger partial charge on any atom is -0.314 e. The van der Waals surface area contributed by atoms with Crippen LogP contribution in [0, 0.1) is 13.8 Å². The Kier molecular flexibility index (Phi) is 7.16. The highest BCUT2D eigenvalue weighted by atomic mass is 35.5. The fourth-order valence-corrected chi connectivity index (χ4v) is 2.83. The smallest absolute Gasteiger partial charge is 0.314 e. The second-order valence-electron chi connectivity index (χ2n) is 5.80. The first-order valence-corrected chi connectivity index (χ1v) is 7.45. The van der Waals surface area contributed by atoms with E-state index in [0.29, 0.717) is 0 Å². The number of piperazine rings is 1. The van der Waals surface area contributed by atoms with Gasteiger partial charge in [-0.3, -0.25) is 4.90 Å². The van der Waals surface area contributed by atoms with E-state index in [2.05, 4.69) is 10.2 Å². The summed E-state index contributed by atoms with van der Waals surface area (Å²) < 4.78 is 37.8. The molecule has 0 spiro atoms. The van der Waals surface area contributed by atoms with E-state index < -0.39 is 12.6 Å². The maximum Gasteiger partial charge on any atom is 0.389 e. The molecule has 0 amide bonds. The molecule has 1 atom stereocenters. The number of hydrogen-bond donors (Lipinski definition) is 1. The first-order chi connectivity index (χ1) is 9.87. The average Bonchev–Trinajstić information content (AvgIpc) is 2.43. The number of rotatable bonds is 4. The summed E-state index contributed by atoms with van der Waals surface area (Å²) in [4.78, 5) is 2.17. The normalized spacial score (nSPS) is 17.9. The van der Waals surface area contributed by atoms with Gasteiger partial charge in [-0.15, -0.1) is 12.4 Å². The molecule has 0 radical (unpaired) electrons. The van der Waals surface area contributed by atoms with Gasteiger partial charge in [0.25, 0.3) is 0 Å². The summed E-state index contributed by atoms with van der Waals surface area (Å²) >= 11 is 0. The van der Waals surface area contributed by atoms with Crippen LogP contribution in [0.1, 0.15) is 35.6 Å². The lowest BCUT2D eigenvalue weighted by atomic mass is 9.96. The number of hydrogen-bond acceptors (Lipinski definition) is 2. The van der Waals surface area contributed by atoms with Gasteiger partial charge < -0.3 is 5.32 Å². The Morgan fingerprint density at radius 1 is 1.14 bits per heavy atom. The standard InChI is InChI=1S/C16H23F3N2.ClH/c1-12-3-4-14(11-13(12)2)15(5-6-16(17,18)19)21-9-7-20-8-10-21;/h3-4,11,15,20H,5-10H2,1-2H3;1H/t15-;/m0./s1. The van der Waals surface area contributed by atoms with Crippen LogP contribution in [0.2, 0.25) is 0 Å². The fraction of sp³-hybridized carbons (Fsp3) is 0.625. The summed E-state index contributed by atoms with van der Waals surface area (Å²) in [6, 6.07) is 5.88. The molecule has 1 heterocycles. The Balaban J connectivity index is 0.00000242. The summed E-state index contributed by atoms with van der Waals surface area (Å²) in [6.07, 6.45) is -4.69. The molecule has 126 valence electrons. The molecule has 6 heteroatoms. The molecule has 1 saturated heterocycles. The molecule has 0 saturated carbocycles. The van der Waals surface area contributed by atoms with Gasteiger partial charge in [-0.2, -0.15) is 13.2 Å². The zero-order valence-electron chi connectivity index (χ0n) is 13.0. The number of aryl methyl sites for hydroxylation is 2. The number of nitrogens with zero attached hydrogens (tertiary/aromatic N) is 1. The molecule has 1 aliphatic rings. The van der Waals surface area contributed by atoms with Gasteiger partial charge in [0, 0.05) is 38.6 Å². The fourth-order valence-electron chi connectivity index (χ4n) is 2.83.